The Hall–Kier alpha value is -2.79. The lowest BCUT2D eigenvalue weighted by Gasteiger charge is -2.10. The minimum absolute atomic E-state index is 0.109. The number of H-pyrrole nitrogens is 1. The van der Waals surface area contributed by atoms with Crippen LogP contribution in [0.3, 0.4) is 0 Å². The number of aromatic nitrogens is 1. The van der Waals surface area contributed by atoms with Gasteiger partial charge in [0.15, 0.2) is 6.61 Å². The highest BCUT2D eigenvalue weighted by Crippen LogP contribution is 2.24. The zero-order valence-corrected chi connectivity index (χ0v) is 16.1. The fraction of sp³-hybridized carbons (Fsp3) is 0.238. The molecule has 6 heteroatoms. The molecule has 3 aromatic rings. The number of nitrogens with zero attached hydrogens (tertiary/aromatic N) is 1. The van der Waals surface area contributed by atoms with Crippen molar-refractivity contribution >= 4 is 34.6 Å². The van der Waals surface area contributed by atoms with E-state index in [0.717, 1.165) is 22.9 Å². The minimum Gasteiger partial charge on any atom is -0.484 e. The van der Waals surface area contributed by atoms with Gasteiger partial charge in [-0.3, -0.25) is 4.79 Å². The third kappa shape index (κ3) is 4.68. The molecule has 27 heavy (non-hydrogen) atoms. The number of hydrogen-bond acceptors (Lipinski definition) is 3. The van der Waals surface area contributed by atoms with Crippen molar-refractivity contribution in [2.24, 2.45) is 5.10 Å². The van der Waals surface area contributed by atoms with E-state index in [1.54, 1.807) is 0 Å². The van der Waals surface area contributed by atoms with Gasteiger partial charge >= 0.3 is 0 Å². The first kappa shape index (κ1) is 19.0. The van der Waals surface area contributed by atoms with Crippen LogP contribution in [-0.2, 0) is 4.79 Å². The zero-order chi connectivity index (χ0) is 19.2. The standard InChI is InChI=1S/C21H22ClN3O2/c1-3-14(2)15-8-10-16(11-9-15)27-13-20(26)25-23-12-18-17-6-4-5-7-19(17)24-21(18)22/h4-12,14,24H,3,13H2,1-2H3,(H,25,26)/b23-12+. The normalized spacial score (nSPS) is 12.4. The van der Waals surface area contributed by atoms with Gasteiger partial charge in [0.25, 0.3) is 5.91 Å². The maximum absolute atomic E-state index is 11.9. The van der Waals surface area contributed by atoms with Gasteiger partial charge in [-0.1, -0.05) is 55.8 Å². The van der Waals surface area contributed by atoms with Gasteiger partial charge in [0.05, 0.1) is 6.21 Å². The summed E-state index contributed by atoms with van der Waals surface area (Å²) in [5, 5.41) is 5.40. The van der Waals surface area contributed by atoms with Crippen LogP contribution in [0, 0.1) is 0 Å². The first-order chi connectivity index (χ1) is 13.1. The van der Waals surface area contributed by atoms with Crippen molar-refractivity contribution in [1.29, 1.82) is 0 Å². The van der Waals surface area contributed by atoms with Crippen LogP contribution in [0.2, 0.25) is 5.15 Å². The summed E-state index contributed by atoms with van der Waals surface area (Å²) in [5.41, 5.74) is 5.36. The van der Waals surface area contributed by atoms with Crippen molar-refractivity contribution < 1.29 is 9.53 Å². The predicted octanol–water partition coefficient (Wildman–Crippen LogP) is 4.86. The summed E-state index contributed by atoms with van der Waals surface area (Å²) in [6.45, 7) is 4.23. The number of hydrazone groups is 1. The lowest BCUT2D eigenvalue weighted by molar-refractivity contribution is -0.123. The van der Waals surface area contributed by atoms with Crippen LogP contribution in [-0.4, -0.2) is 23.7 Å². The van der Waals surface area contributed by atoms with Crippen LogP contribution in [0.1, 0.15) is 37.3 Å². The van der Waals surface area contributed by atoms with Gasteiger partial charge in [0.2, 0.25) is 0 Å². The van der Waals surface area contributed by atoms with Crippen LogP contribution in [0.15, 0.2) is 53.6 Å². The highest BCUT2D eigenvalue weighted by Gasteiger charge is 2.08. The monoisotopic (exact) mass is 383 g/mol. The summed E-state index contributed by atoms with van der Waals surface area (Å²) in [4.78, 5) is 15.0. The molecule has 2 N–H and O–H groups in total. The van der Waals surface area contributed by atoms with Crippen LogP contribution >= 0.6 is 11.6 Å². The van der Waals surface area contributed by atoms with E-state index in [2.05, 4.69) is 29.4 Å². The molecule has 0 bridgehead atoms. The van der Waals surface area contributed by atoms with Crippen LogP contribution in [0.5, 0.6) is 5.75 Å². The van der Waals surface area contributed by atoms with Crippen molar-refractivity contribution in [3.8, 4) is 5.75 Å². The first-order valence-corrected chi connectivity index (χ1v) is 9.27. The molecule has 140 valence electrons. The van der Waals surface area contributed by atoms with Crippen molar-refractivity contribution in [2.45, 2.75) is 26.2 Å². The molecule has 0 aliphatic rings. The van der Waals surface area contributed by atoms with E-state index >= 15 is 0 Å². The second-order valence-corrected chi connectivity index (χ2v) is 6.74. The Morgan fingerprint density at radius 1 is 1.26 bits per heavy atom. The number of rotatable bonds is 7. The Labute approximate surface area is 163 Å². The Morgan fingerprint density at radius 3 is 2.74 bits per heavy atom. The second kappa shape index (κ2) is 8.73. The van der Waals surface area contributed by atoms with E-state index in [1.165, 1.54) is 11.8 Å². The molecule has 0 aliphatic carbocycles. The largest absolute Gasteiger partial charge is 0.484 e. The Bertz CT molecular complexity index is 948. The molecule has 5 nitrogen and oxygen atoms in total. The summed E-state index contributed by atoms with van der Waals surface area (Å²) in [5.74, 6) is 0.821. The molecular weight excluding hydrogens is 362 g/mol. The van der Waals surface area contributed by atoms with Gasteiger partial charge in [-0.25, -0.2) is 5.43 Å². The van der Waals surface area contributed by atoms with Gasteiger partial charge in [0.1, 0.15) is 10.9 Å². The van der Waals surface area contributed by atoms with E-state index in [9.17, 15) is 4.79 Å². The van der Waals surface area contributed by atoms with Crippen LogP contribution in [0.25, 0.3) is 10.9 Å². The maximum Gasteiger partial charge on any atom is 0.277 e. The van der Waals surface area contributed by atoms with Gasteiger partial charge in [-0.15, -0.1) is 0 Å². The highest BCUT2D eigenvalue weighted by molar-refractivity contribution is 6.34. The molecule has 0 radical (unpaired) electrons. The van der Waals surface area contributed by atoms with Crippen molar-refractivity contribution in [3.05, 3.63) is 64.8 Å². The number of hydrogen-bond donors (Lipinski definition) is 2. The van der Waals surface area contributed by atoms with Crippen LogP contribution < -0.4 is 10.2 Å². The Balaban J connectivity index is 1.53. The molecule has 0 spiro atoms. The lowest BCUT2D eigenvalue weighted by atomic mass is 9.99. The molecule has 1 heterocycles. The van der Waals surface area contributed by atoms with Gasteiger partial charge in [0, 0.05) is 16.5 Å². The summed E-state index contributed by atoms with van der Waals surface area (Å²) in [6.07, 6.45) is 2.61. The predicted molar refractivity (Wildman–Crippen MR) is 110 cm³/mol. The van der Waals surface area contributed by atoms with E-state index in [-0.39, 0.29) is 12.5 Å². The number of benzene rings is 2. The lowest BCUT2D eigenvalue weighted by Crippen LogP contribution is -2.24. The topological polar surface area (TPSA) is 66.5 Å². The minimum atomic E-state index is -0.340. The van der Waals surface area contributed by atoms with Crippen LogP contribution in [0.4, 0.5) is 0 Å². The molecule has 1 amide bonds. The number of nitrogens with one attached hydrogen (secondary N) is 2. The molecule has 0 saturated carbocycles. The number of amides is 1. The quantitative estimate of drug-likeness (QED) is 0.451. The summed E-state index contributed by atoms with van der Waals surface area (Å²) < 4.78 is 5.50. The fourth-order valence-corrected chi connectivity index (χ4v) is 2.99. The second-order valence-electron chi connectivity index (χ2n) is 6.36. The molecule has 1 aromatic heterocycles. The van der Waals surface area contributed by atoms with Crippen molar-refractivity contribution in [3.63, 3.8) is 0 Å². The maximum atomic E-state index is 11.9. The molecular formula is C21H22ClN3O2. The first-order valence-electron chi connectivity index (χ1n) is 8.89. The van der Waals surface area contributed by atoms with Gasteiger partial charge in [-0.2, -0.15) is 5.10 Å². The average Bonchev–Trinajstić information content (AvgIpc) is 3.01. The van der Waals surface area contributed by atoms with E-state index in [1.807, 2.05) is 48.5 Å². The number of carbonyl (C=O) groups is 1. The molecule has 1 atom stereocenters. The van der Waals surface area contributed by atoms with Gasteiger partial charge in [-0.05, 0) is 36.1 Å². The number of carbonyl (C=O) groups excluding carboxylic acids is 1. The summed E-state index contributed by atoms with van der Waals surface area (Å²) >= 11 is 6.19. The molecule has 0 aliphatic heterocycles. The number of halogens is 1. The SMILES string of the molecule is CCC(C)c1ccc(OCC(=O)N/N=C/c2c(Cl)[nH]c3ccccc23)cc1. The summed E-state index contributed by atoms with van der Waals surface area (Å²) in [6, 6.07) is 15.5. The molecule has 1 unspecified atom stereocenters. The van der Waals surface area contributed by atoms with Gasteiger partial charge < -0.3 is 9.72 Å². The smallest absolute Gasteiger partial charge is 0.277 e. The third-order valence-corrected chi connectivity index (χ3v) is 4.81. The summed E-state index contributed by atoms with van der Waals surface area (Å²) in [7, 11) is 0. The van der Waals surface area contributed by atoms with E-state index < -0.39 is 0 Å². The average molecular weight is 384 g/mol. The molecule has 0 fully saturated rings. The van der Waals surface area contributed by atoms with E-state index in [4.69, 9.17) is 16.3 Å². The molecule has 2 aromatic carbocycles. The molecule has 3 rings (SSSR count). The van der Waals surface area contributed by atoms with Crippen molar-refractivity contribution in [1.82, 2.24) is 10.4 Å². The number of fused-ring (bicyclic) bond motifs is 1. The van der Waals surface area contributed by atoms with E-state index in [0.29, 0.717) is 16.8 Å². The zero-order valence-electron chi connectivity index (χ0n) is 15.3. The number of aromatic amines is 1. The fourth-order valence-electron chi connectivity index (χ4n) is 2.74. The Morgan fingerprint density at radius 2 is 2.00 bits per heavy atom. The highest BCUT2D eigenvalue weighted by atomic mass is 35.5. The number of ether oxygens (including phenoxy) is 1. The Kier molecular flexibility index (Phi) is 6.14. The number of para-hydroxylation sites is 1. The third-order valence-electron chi connectivity index (χ3n) is 4.51. The van der Waals surface area contributed by atoms with Crippen molar-refractivity contribution in [2.75, 3.05) is 6.61 Å². The molecule has 0 saturated heterocycles.